The van der Waals surface area contributed by atoms with E-state index in [2.05, 4.69) is 24.8 Å². The maximum atomic E-state index is 5.35. The summed E-state index contributed by atoms with van der Waals surface area (Å²) < 4.78 is 5.35. The van der Waals surface area contributed by atoms with Gasteiger partial charge in [0.15, 0.2) is 0 Å². The molecule has 0 amide bonds. The Labute approximate surface area is 89.5 Å². The van der Waals surface area contributed by atoms with Crippen molar-refractivity contribution in [2.24, 2.45) is 0 Å². The van der Waals surface area contributed by atoms with Gasteiger partial charge in [-0.25, -0.2) is 0 Å². The number of hydrogen-bond donors (Lipinski definition) is 0. The fraction of sp³-hybridized carbons (Fsp3) is 0.636. The lowest BCUT2D eigenvalue weighted by Gasteiger charge is -2.27. The second-order valence-electron chi connectivity index (χ2n) is 3.62. The van der Waals surface area contributed by atoms with Gasteiger partial charge >= 0.3 is 0 Å². The van der Waals surface area contributed by atoms with E-state index in [4.69, 9.17) is 4.74 Å². The molecule has 0 radical (unpaired) electrons. The Kier molecular flexibility index (Phi) is 3.08. The van der Waals surface area contributed by atoms with Crippen LogP contribution in [0.4, 0.5) is 5.00 Å². The molecule has 1 aromatic rings. The molecule has 0 spiro atoms. The van der Waals surface area contributed by atoms with Gasteiger partial charge in [0.25, 0.3) is 0 Å². The third kappa shape index (κ3) is 1.93. The Morgan fingerprint density at radius 3 is 2.71 bits per heavy atom. The van der Waals surface area contributed by atoms with E-state index in [1.54, 1.807) is 0 Å². The van der Waals surface area contributed by atoms with Crippen molar-refractivity contribution in [2.75, 3.05) is 31.2 Å². The van der Waals surface area contributed by atoms with E-state index in [0.717, 1.165) is 32.7 Å². The van der Waals surface area contributed by atoms with Crippen molar-refractivity contribution in [3.63, 3.8) is 0 Å². The summed E-state index contributed by atoms with van der Waals surface area (Å²) in [6.45, 7) is 8.27. The van der Waals surface area contributed by atoms with Crippen molar-refractivity contribution < 1.29 is 4.74 Å². The predicted molar refractivity (Wildman–Crippen MR) is 61.5 cm³/mol. The first kappa shape index (κ1) is 9.99. The van der Waals surface area contributed by atoms with Crippen LogP contribution in [-0.2, 0) is 11.2 Å². The quantitative estimate of drug-likeness (QED) is 0.745. The molecule has 0 N–H and O–H groups in total. The van der Waals surface area contributed by atoms with Crippen LogP contribution in [0.1, 0.15) is 17.4 Å². The minimum absolute atomic E-state index is 0.873. The summed E-state index contributed by atoms with van der Waals surface area (Å²) >= 11 is 1.92. The van der Waals surface area contributed by atoms with E-state index in [-0.39, 0.29) is 0 Å². The molecular weight excluding hydrogens is 194 g/mol. The molecule has 78 valence electrons. The van der Waals surface area contributed by atoms with E-state index >= 15 is 0 Å². The fourth-order valence-corrected chi connectivity index (χ4v) is 2.95. The van der Waals surface area contributed by atoms with Gasteiger partial charge in [0.2, 0.25) is 0 Å². The summed E-state index contributed by atoms with van der Waals surface area (Å²) in [6.07, 6.45) is 1.15. The smallest absolute Gasteiger partial charge is 0.0915 e. The maximum absolute atomic E-state index is 5.35. The number of morpholine rings is 1. The highest BCUT2D eigenvalue weighted by molar-refractivity contribution is 7.16. The SMILES string of the molecule is CCc1cc(N2CCOCC2)sc1C. The summed E-state index contributed by atoms with van der Waals surface area (Å²) in [4.78, 5) is 3.90. The van der Waals surface area contributed by atoms with Gasteiger partial charge in [0, 0.05) is 18.0 Å². The van der Waals surface area contributed by atoms with Crippen molar-refractivity contribution in [1.82, 2.24) is 0 Å². The molecule has 0 unspecified atom stereocenters. The number of hydrogen-bond acceptors (Lipinski definition) is 3. The zero-order valence-corrected chi connectivity index (χ0v) is 9.69. The molecule has 0 atom stereocenters. The van der Waals surface area contributed by atoms with Gasteiger partial charge in [-0.3, -0.25) is 0 Å². The van der Waals surface area contributed by atoms with Crippen LogP contribution in [0.25, 0.3) is 0 Å². The average molecular weight is 211 g/mol. The second kappa shape index (κ2) is 4.32. The van der Waals surface area contributed by atoms with E-state index in [9.17, 15) is 0 Å². The van der Waals surface area contributed by atoms with Crippen LogP contribution < -0.4 is 4.90 Å². The first-order valence-corrected chi connectivity index (χ1v) is 6.05. The molecule has 1 aromatic heterocycles. The second-order valence-corrected chi connectivity index (χ2v) is 4.85. The molecule has 0 bridgehead atoms. The minimum atomic E-state index is 0.873. The van der Waals surface area contributed by atoms with Crippen LogP contribution in [0.15, 0.2) is 6.07 Å². The zero-order valence-electron chi connectivity index (χ0n) is 8.88. The molecule has 2 nitrogen and oxygen atoms in total. The Morgan fingerprint density at radius 1 is 1.43 bits per heavy atom. The van der Waals surface area contributed by atoms with Crippen LogP contribution in [0.3, 0.4) is 0 Å². The topological polar surface area (TPSA) is 12.5 Å². The predicted octanol–water partition coefficient (Wildman–Crippen LogP) is 2.46. The average Bonchev–Trinajstić information content (AvgIpc) is 2.61. The van der Waals surface area contributed by atoms with E-state index in [1.807, 2.05) is 11.3 Å². The third-order valence-corrected chi connectivity index (χ3v) is 3.86. The lowest BCUT2D eigenvalue weighted by atomic mass is 10.2. The molecule has 1 fully saturated rings. The van der Waals surface area contributed by atoms with E-state index in [0.29, 0.717) is 0 Å². The third-order valence-electron chi connectivity index (χ3n) is 2.71. The highest BCUT2D eigenvalue weighted by Crippen LogP contribution is 2.30. The number of rotatable bonds is 2. The summed E-state index contributed by atoms with van der Waals surface area (Å²) in [5.74, 6) is 0. The molecule has 1 saturated heterocycles. The van der Waals surface area contributed by atoms with Crippen LogP contribution in [0.2, 0.25) is 0 Å². The largest absolute Gasteiger partial charge is 0.378 e. The normalized spacial score (nSPS) is 17.4. The minimum Gasteiger partial charge on any atom is -0.378 e. The van der Waals surface area contributed by atoms with Crippen molar-refractivity contribution in [3.8, 4) is 0 Å². The van der Waals surface area contributed by atoms with Gasteiger partial charge in [-0.1, -0.05) is 6.92 Å². The molecule has 3 heteroatoms. The van der Waals surface area contributed by atoms with Crippen LogP contribution >= 0.6 is 11.3 Å². The Balaban J connectivity index is 2.14. The first-order valence-electron chi connectivity index (χ1n) is 5.23. The molecule has 1 aliphatic heterocycles. The van der Waals surface area contributed by atoms with Gasteiger partial charge in [0.1, 0.15) is 0 Å². The fourth-order valence-electron chi connectivity index (χ4n) is 1.79. The van der Waals surface area contributed by atoms with Gasteiger partial charge in [-0.2, -0.15) is 0 Å². The Morgan fingerprint density at radius 2 is 2.14 bits per heavy atom. The highest BCUT2D eigenvalue weighted by atomic mass is 32.1. The Hall–Kier alpha value is -0.540. The molecule has 2 heterocycles. The zero-order chi connectivity index (χ0) is 9.97. The molecule has 14 heavy (non-hydrogen) atoms. The van der Waals surface area contributed by atoms with Crippen LogP contribution in [0.5, 0.6) is 0 Å². The van der Waals surface area contributed by atoms with Gasteiger partial charge in [-0.05, 0) is 25.0 Å². The number of nitrogens with zero attached hydrogens (tertiary/aromatic N) is 1. The van der Waals surface area contributed by atoms with Crippen LogP contribution in [0, 0.1) is 6.92 Å². The number of ether oxygens (including phenoxy) is 1. The number of anilines is 1. The molecule has 0 aliphatic carbocycles. The summed E-state index contributed by atoms with van der Waals surface area (Å²) in [5.41, 5.74) is 1.50. The standard InChI is InChI=1S/C11H17NOS/c1-3-10-8-11(14-9(10)2)12-4-6-13-7-5-12/h8H,3-7H2,1-2H3. The first-order chi connectivity index (χ1) is 6.81. The summed E-state index contributed by atoms with van der Waals surface area (Å²) in [6, 6.07) is 2.34. The molecule has 1 aliphatic rings. The molecule has 2 rings (SSSR count). The van der Waals surface area contributed by atoms with E-state index in [1.165, 1.54) is 15.4 Å². The van der Waals surface area contributed by atoms with Crippen molar-refractivity contribution in [2.45, 2.75) is 20.3 Å². The summed E-state index contributed by atoms with van der Waals surface area (Å²) in [5, 5.41) is 1.42. The lowest BCUT2D eigenvalue weighted by Crippen LogP contribution is -2.35. The van der Waals surface area contributed by atoms with Crippen LogP contribution in [-0.4, -0.2) is 26.3 Å². The maximum Gasteiger partial charge on any atom is 0.0915 e. The van der Waals surface area contributed by atoms with E-state index < -0.39 is 0 Å². The molecule has 0 aromatic carbocycles. The van der Waals surface area contributed by atoms with Crippen molar-refractivity contribution >= 4 is 16.3 Å². The molecule has 0 saturated carbocycles. The van der Waals surface area contributed by atoms with Crippen molar-refractivity contribution in [3.05, 3.63) is 16.5 Å². The van der Waals surface area contributed by atoms with Gasteiger partial charge in [-0.15, -0.1) is 11.3 Å². The van der Waals surface area contributed by atoms with Crippen molar-refractivity contribution in [1.29, 1.82) is 0 Å². The Bertz CT molecular complexity index is 302. The van der Waals surface area contributed by atoms with Gasteiger partial charge in [0.05, 0.1) is 18.2 Å². The monoisotopic (exact) mass is 211 g/mol. The summed E-state index contributed by atoms with van der Waals surface area (Å²) in [7, 11) is 0. The number of thiophene rings is 1. The van der Waals surface area contributed by atoms with Gasteiger partial charge < -0.3 is 9.64 Å². The number of aryl methyl sites for hydroxylation is 2. The molecular formula is C11H17NOS. The lowest BCUT2D eigenvalue weighted by molar-refractivity contribution is 0.123. The highest BCUT2D eigenvalue weighted by Gasteiger charge is 2.14.